The SMILES string of the molecule is CCOC1=CC2=CC[C@H]3[C@H](CC[C@@]4(C)[C@H]3CC[C@@]43CCC(=O)O3)[C@@]2(C)CC1. The van der Waals surface area contributed by atoms with E-state index in [1.54, 1.807) is 0 Å². The molecule has 1 heterocycles. The van der Waals surface area contributed by atoms with Crippen LogP contribution >= 0.6 is 0 Å². The highest BCUT2D eigenvalue weighted by Gasteiger charge is 2.66. The number of rotatable bonds is 2. The van der Waals surface area contributed by atoms with Crippen molar-refractivity contribution in [2.24, 2.45) is 28.6 Å². The van der Waals surface area contributed by atoms with E-state index in [1.165, 1.54) is 43.4 Å². The third-order valence-corrected chi connectivity index (χ3v) is 9.39. The quantitative estimate of drug-likeness (QED) is 0.597. The molecule has 0 aromatic rings. The van der Waals surface area contributed by atoms with E-state index in [-0.39, 0.29) is 17.0 Å². The second-order valence-corrected chi connectivity index (χ2v) is 10.2. The lowest BCUT2D eigenvalue weighted by molar-refractivity contribution is -0.167. The molecule has 5 aliphatic rings. The van der Waals surface area contributed by atoms with Crippen LogP contribution in [0.4, 0.5) is 0 Å². The molecule has 0 radical (unpaired) electrons. The van der Waals surface area contributed by atoms with Crippen LogP contribution < -0.4 is 0 Å². The summed E-state index contributed by atoms with van der Waals surface area (Å²) in [6.45, 7) is 7.81. The standard InChI is InChI=1S/C24H34O3/c1-4-26-17-7-11-22(2)16(15-17)5-6-18-19(22)8-12-23(3)20(18)9-13-24(23)14-10-21(25)27-24/h5,15,18-20H,4,6-14H2,1-3H3/t18-,19-,20-,22-,23-,24+/m0/s1. The Labute approximate surface area is 163 Å². The summed E-state index contributed by atoms with van der Waals surface area (Å²) in [5.74, 6) is 3.44. The van der Waals surface area contributed by atoms with Gasteiger partial charge >= 0.3 is 5.97 Å². The number of hydrogen-bond donors (Lipinski definition) is 0. The first-order valence-corrected chi connectivity index (χ1v) is 11.2. The number of ether oxygens (including phenoxy) is 2. The maximum Gasteiger partial charge on any atom is 0.306 e. The van der Waals surface area contributed by atoms with Crippen LogP contribution in [0.1, 0.15) is 78.6 Å². The second-order valence-electron chi connectivity index (χ2n) is 10.2. The van der Waals surface area contributed by atoms with Gasteiger partial charge in [-0.05, 0) is 86.7 Å². The number of carbonyl (C=O) groups is 1. The number of hydrogen-bond acceptors (Lipinski definition) is 3. The number of carbonyl (C=O) groups excluding carboxylic acids is 1. The molecule has 5 rings (SSSR count). The molecule has 6 atom stereocenters. The van der Waals surface area contributed by atoms with E-state index in [4.69, 9.17) is 9.47 Å². The van der Waals surface area contributed by atoms with Gasteiger partial charge in [-0.15, -0.1) is 0 Å². The zero-order valence-electron chi connectivity index (χ0n) is 17.2. The van der Waals surface area contributed by atoms with Gasteiger partial charge in [-0.1, -0.05) is 19.9 Å². The van der Waals surface area contributed by atoms with Gasteiger partial charge in [0.2, 0.25) is 0 Å². The molecule has 3 fully saturated rings. The Kier molecular flexibility index (Phi) is 3.88. The maximum atomic E-state index is 12.0. The fourth-order valence-electron chi connectivity index (χ4n) is 7.89. The summed E-state index contributed by atoms with van der Waals surface area (Å²) in [6, 6.07) is 0. The van der Waals surface area contributed by atoms with Crippen molar-refractivity contribution in [2.45, 2.75) is 84.2 Å². The molecule has 0 aromatic heterocycles. The largest absolute Gasteiger partial charge is 0.498 e. The van der Waals surface area contributed by atoms with Crippen molar-refractivity contribution < 1.29 is 14.3 Å². The lowest BCUT2D eigenvalue weighted by Crippen LogP contribution is -2.54. The zero-order valence-corrected chi connectivity index (χ0v) is 17.2. The highest BCUT2D eigenvalue weighted by molar-refractivity contribution is 5.72. The first-order chi connectivity index (χ1) is 12.9. The lowest BCUT2D eigenvalue weighted by atomic mass is 9.47. The van der Waals surface area contributed by atoms with Crippen molar-refractivity contribution in [1.29, 1.82) is 0 Å². The molecule has 0 amide bonds. The molecule has 148 valence electrons. The molecule has 1 saturated heterocycles. The molecule has 27 heavy (non-hydrogen) atoms. The topological polar surface area (TPSA) is 35.5 Å². The molecular weight excluding hydrogens is 336 g/mol. The molecule has 1 spiro atoms. The third kappa shape index (κ3) is 2.29. The predicted octanol–water partition coefficient (Wildman–Crippen LogP) is 5.56. The van der Waals surface area contributed by atoms with Gasteiger partial charge in [-0.2, -0.15) is 0 Å². The molecule has 4 aliphatic carbocycles. The van der Waals surface area contributed by atoms with E-state index in [0.29, 0.717) is 17.8 Å². The summed E-state index contributed by atoms with van der Waals surface area (Å²) in [6.07, 6.45) is 14.8. The Hall–Kier alpha value is -1.25. The first kappa shape index (κ1) is 17.8. The van der Waals surface area contributed by atoms with Crippen LogP contribution in [0.15, 0.2) is 23.5 Å². The Bertz CT molecular complexity index is 721. The van der Waals surface area contributed by atoms with Crippen LogP contribution in [-0.2, 0) is 14.3 Å². The molecule has 0 aromatic carbocycles. The van der Waals surface area contributed by atoms with Crippen LogP contribution in [0.2, 0.25) is 0 Å². The summed E-state index contributed by atoms with van der Waals surface area (Å²) in [5, 5.41) is 0. The number of allylic oxidation sites excluding steroid dienone is 4. The molecule has 0 bridgehead atoms. The molecule has 1 aliphatic heterocycles. The molecule has 2 saturated carbocycles. The molecule has 3 heteroatoms. The van der Waals surface area contributed by atoms with E-state index < -0.39 is 0 Å². The summed E-state index contributed by atoms with van der Waals surface area (Å²) in [7, 11) is 0. The van der Waals surface area contributed by atoms with Gasteiger partial charge in [0.15, 0.2) is 0 Å². The molecule has 3 nitrogen and oxygen atoms in total. The van der Waals surface area contributed by atoms with Crippen LogP contribution in [0.5, 0.6) is 0 Å². The highest BCUT2D eigenvalue weighted by atomic mass is 16.6. The van der Waals surface area contributed by atoms with Gasteiger partial charge in [0, 0.05) is 18.3 Å². The first-order valence-electron chi connectivity index (χ1n) is 11.2. The Morgan fingerprint density at radius 3 is 2.67 bits per heavy atom. The van der Waals surface area contributed by atoms with E-state index in [2.05, 4.69) is 32.9 Å². The maximum absolute atomic E-state index is 12.0. The van der Waals surface area contributed by atoms with Gasteiger partial charge < -0.3 is 9.47 Å². The van der Waals surface area contributed by atoms with Gasteiger partial charge in [0.05, 0.1) is 12.4 Å². The van der Waals surface area contributed by atoms with Crippen molar-refractivity contribution in [3.63, 3.8) is 0 Å². The minimum absolute atomic E-state index is 0.0395. The third-order valence-electron chi connectivity index (χ3n) is 9.39. The summed E-state index contributed by atoms with van der Waals surface area (Å²) in [4.78, 5) is 12.0. The van der Waals surface area contributed by atoms with Gasteiger partial charge in [0.1, 0.15) is 5.60 Å². The fourth-order valence-corrected chi connectivity index (χ4v) is 7.89. The van der Waals surface area contributed by atoms with E-state index in [0.717, 1.165) is 37.7 Å². The van der Waals surface area contributed by atoms with Gasteiger partial charge in [-0.3, -0.25) is 4.79 Å². The second kappa shape index (κ2) is 5.87. The number of esters is 1. The van der Waals surface area contributed by atoms with E-state index in [9.17, 15) is 4.79 Å². The van der Waals surface area contributed by atoms with Gasteiger partial charge in [0.25, 0.3) is 0 Å². The average molecular weight is 371 g/mol. The van der Waals surface area contributed by atoms with Crippen molar-refractivity contribution in [3.05, 3.63) is 23.5 Å². The Balaban J connectivity index is 1.46. The van der Waals surface area contributed by atoms with Gasteiger partial charge in [-0.25, -0.2) is 0 Å². The monoisotopic (exact) mass is 370 g/mol. The summed E-state index contributed by atoms with van der Waals surface area (Å²) in [5.41, 5.74) is 1.86. The smallest absolute Gasteiger partial charge is 0.306 e. The Morgan fingerprint density at radius 2 is 1.93 bits per heavy atom. The Morgan fingerprint density at radius 1 is 1.11 bits per heavy atom. The van der Waals surface area contributed by atoms with Crippen molar-refractivity contribution in [1.82, 2.24) is 0 Å². The van der Waals surface area contributed by atoms with E-state index >= 15 is 0 Å². The normalized spacial score (nSPS) is 48.3. The van der Waals surface area contributed by atoms with Crippen LogP contribution in [-0.4, -0.2) is 18.2 Å². The summed E-state index contributed by atoms with van der Waals surface area (Å²) >= 11 is 0. The molecule has 0 unspecified atom stereocenters. The van der Waals surface area contributed by atoms with Crippen LogP contribution in [0.3, 0.4) is 0 Å². The minimum Gasteiger partial charge on any atom is -0.498 e. The van der Waals surface area contributed by atoms with Crippen LogP contribution in [0, 0.1) is 28.6 Å². The molecular formula is C24H34O3. The highest BCUT2D eigenvalue weighted by Crippen LogP contribution is 2.69. The van der Waals surface area contributed by atoms with Crippen molar-refractivity contribution >= 4 is 5.97 Å². The average Bonchev–Trinajstić information content (AvgIpc) is 3.16. The lowest BCUT2D eigenvalue weighted by Gasteiger charge is -2.58. The van der Waals surface area contributed by atoms with Crippen molar-refractivity contribution in [3.8, 4) is 0 Å². The van der Waals surface area contributed by atoms with Crippen LogP contribution in [0.25, 0.3) is 0 Å². The zero-order chi connectivity index (χ0) is 18.9. The molecule has 0 N–H and O–H groups in total. The van der Waals surface area contributed by atoms with Crippen molar-refractivity contribution in [2.75, 3.05) is 6.61 Å². The van der Waals surface area contributed by atoms with E-state index in [1.807, 2.05) is 0 Å². The summed E-state index contributed by atoms with van der Waals surface area (Å²) < 4.78 is 11.9. The predicted molar refractivity (Wildman–Crippen MR) is 105 cm³/mol. The minimum atomic E-state index is -0.154. The fraction of sp³-hybridized carbons (Fsp3) is 0.792. The number of fused-ring (bicyclic) bond motifs is 6.